The minimum absolute atomic E-state index is 0.0521. The minimum Gasteiger partial charge on any atom is -0.489 e. The number of nitrogens with one attached hydrogen (secondary N) is 1. The normalized spacial score (nSPS) is 10.5. The highest BCUT2D eigenvalue weighted by Crippen LogP contribution is 2.34. The van der Waals surface area contributed by atoms with E-state index in [-0.39, 0.29) is 31.3 Å². The van der Waals surface area contributed by atoms with Gasteiger partial charge in [0, 0.05) is 18.9 Å². The van der Waals surface area contributed by atoms with Gasteiger partial charge in [0.25, 0.3) is 0 Å². The van der Waals surface area contributed by atoms with E-state index in [0.717, 1.165) is 0 Å². The maximum Gasteiger partial charge on any atom is 0.303 e. The van der Waals surface area contributed by atoms with Crippen molar-refractivity contribution in [3.8, 4) is 5.75 Å². The molecular weight excluding hydrogens is 317 g/mol. The molecule has 0 spiro atoms. The molecule has 0 saturated heterocycles. The van der Waals surface area contributed by atoms with Crippen molar-refractivity contribution >= 4 is 40.8 Å². The quantitative estimate of drug-likeness (QED) is 0.791. The summed E-state index contributed by atoms with van der Waals surface area (Å²) in [5.41, 5.74) is 0.386. The van der Waals surface area contributed by atoms with Gasteiger partial charge in [-0.15, -0.1) is 0 Å². The second-order valence-corrected chi connectivity index (χ2v) is 5.54. The van der Waals surface area contributed by atoms with Crippen molar-refractivity contribution in [2.75, 3.05) is 5.32 Å². The van der Waals surface area contributed by atoms with Gasteiger partial charge >= 0.3 is 5.97 Å². The molecule has 0 aliphatic rings. The van der Waals surface area contributed by atoms with E-state index in [9.17, 15) is 9.59 Å². The fraction of sp³-hybridized carbons (Fsp3) is 0.429. The van der Waals surface area contributed by atoms with Crippen molar-refractivity contribution in [1.82, 2.24) is 0 Å². The topological polar surface area (TPSA) is 75.6 Å². The van der Waals surface area contributed by atoms with Gasteiger partial charge in [-0.25, -0.2) is 0 Å². The number of rotatable bonds is 7. The molecule has 0 heterocycles. The average molecular weight is 334 g/mol. The number of anilines is 1. The van der Waals surface area contributed by atoms with Crippen LogP contribution in [0.25, 0.3) is 0 Å². The second-order valence-electron chi connectivity index (χ2n) is 4.72. The molecule has 21 heavy (non-hydrogen) atoms. The number of carbonyl (C=O) groups excluding carboxylic acids is 1. The molecule has 0 bridgehead atoms. The van der Waals surface area contributed by atoms with Crippen LogP contribution in [0.4, 0.5) is 5.69 Å². The summed E-state index contributed by atoms with van der Waals surface area (Å²) in [7, 11) is 0. The number of amides is 1. The molecule has 0 fully saturated rings. The Labute approximate surface area is 133 Å². The van der Waals surface area contributed by atoms with Crippen molar-refractivity contribution in [2.24, 2.45) is 0 Å². The highest BCUT2D eigenvalue weighted by atomic mass is 35.5. The summed E-state index contributed by atoms with van der Waals surface area (Å²) in [6.45, 7) is 3.71. The summed E-state index contributed by atoms with van der Waals surface area (Å²) in [4.78, 5) is 22.1. The zero-order valence-corrected chi connectivity index (χ0v) is 13.3. The molecule has 0 saturated carbocycles. The summed E-state index contributed by atoms with van der Waals surface area (Å²) < 4.78 is 5.52. The van der Waals surface area contributed by atoms with Crippen molar-refractivity contribution in [3.05, 3.63) is 22.2 Å². The Morgan fingerprint density at radius 2 is 1.90 bits per heavy atom. The van der Waals surface area contributed by atoms with Crippen LogP contribution in [0.3, 0.4) is 0 Å². The molecule has 1 amide bonds. The van der Waals surface area contributed by atoms with Gasteiger partial charge in [0.1, 0.15) is 5.75 Å². The van der Waals surface area contributed by atoms with Gasteiger partial charge in [-0.2, -0.15) is 0 Å². The number of hydrogen-bond donors (Lipinski definition) is 2. The number of carboxylic acid groups (broad SMARTS) is 1. The summed E-state index contributed by atoms with van der Waals surface area (Å²) >= 11 is 12.0. The van der Waals surface area contributed by atoms with Crippen LogP contribution in [0, 0.1) is 0 Å². The maximum atomic E-state index is 11.7. The Morgan fingerprint density at radius 1 is 1.24 bits per heavy atom. The van der Waals surface area contributed by atoms with E-state index >= 15 is 0 Å². The first kappa shape index (κ1) is 17.6. The van der Waals surface area contributed by atoms with Gasteiger partial charge in [-0.1, -0.05) is 23.2 Å². The predicted octanol–water partition coefficient (Wildman–Crippen LogP) is 3.97. The van der Waals surface area contributed by atoms with Gasteiger partial charge in [-0.3, -0.25) is 9.59 Å². The minimum atomic E-state index is -0.931. The Bertz CT molecular complexity index is 532. The van der Waals surface area contributed by atoms with E-state index in [0.29, 0.717) is 21.5 Å². The second kappa shape index (κ2) is 8.10. The average Bonchev–Trinajstić information content (AvgIpc) is 2.34. The third kappa shape index (κ3) is 6.23. The third-order valence-corrected chi connectivity index (χ3v) is 3.06. The summed E-state index contributed by atoms with van der Waals surface area (Å²) in [6, 6.07) is 3.05. The fourth-order valence-electron chi connectivity index (χ4n) is 1.58. The number of ether oxygens (including phenoxy) is 1. The van der Waals surface area contributed by atoms with Crippen LogP contribution >= 0.6 is 23.2 Å². The highest BCUT2D eigenvalue weighted by Gasteiger charge is 2.12. The lowest BCUT2D eigenvalue weighted by atomic mass is 10.2. The summed E-state index contributed by atoms with van der Waals surface area (Å²) in [5.74, 6) is -0.812. The van der Waals surface area contributed by atoms with Crippen LogP contribution < -0.4 is 10.1 Å². The van der Waals surface area contributed by atoms with Crippen molar-refractivity contribution in [3.63, 3.8) is 0 Å². The number of benzene rings is 1. The number of carbonyl (C=O) groups is 2. The lowest BCUT2D eigenvalue weighted by Gasteiger charge is -2.14. The highest BCUT2D eigenvalue weighted by molar-refractivity contribution is 6.37. The van der Waals surface area contributed by atoms with Crippen LogP contribution in [-0.4, -0.2) is 23.1 Å². The van der Waals surface area contributed by atoms with E-state index in [4.69, 9.17) is 33.0 Å². The molecule has 0 radical (unpaired) electrons. The number of carboxylic acids is 1. The van der Waals surface area contributed by atoms with Gasteiger partial charge < -0.3 is 15.2 Å². The Balaban J connectivity index is 2.73. The monoisotopic (exact) mass is 333 g/mol. The van der Waals surface area contributed by atoms with E-state index in [1.807, 2.05) is 13.8 Å². The van der Waals surface area contributed by atoms with Gasteiger partial charge in [0.15, 0.2) is 0 Å². The molecular formula is C14H17Cl2NO4. The molecule has 0 aliphatic heterocycles. The first-order chi connectivity index (χ1) is 9.79. The Kier molecular flexibility index (Phi) is 6.78. The smallest absolute Gasteiger partial charge is 0.303 e. The molecule has 2 N–H and O–H groups in total. The van der Waals surface area contributed by atoms with E-state index in [2.05, 4.69) is 5.32 Å². The first-order valence-corrected chi connectivity index (χ1v) is 7.22. The molecule has 1 rings (SSSR count). The van der Waals surface area contributed by atoms with Crippen LogP contribution in [0.1, 0.15) is 33.1 Å². The summed E-state index contributed by atoms with van der Waals surface area (Å²) in [5, 5.41) is 11.8. The van der Waals surface area contributed by atoms with Crippen LogP contribution in [0.2, 0.25) is 10.0 Å². The molecule has 0 unspecified atom stereocenters. The number of hydrogen-bond acceptors (Lipinski definition) is 3. The maximum absolute atomic E-state index is 11.7. The van der Waals surface area contributed by atoms with Crippen LogP contribution in [0.15, 0.2) is 12.1 Å². The summed E-state index contributed by atoms with van der Waals surface area (Å²) in [6.07, 6.45) is 0.249. The fourth-order valence-corrected chi connectivity index (χ4v) is 2.06. The standard InChI is InChI=1S/C14H17Cl2NO4/c1-8(2)21-12-7-11(9(15)6-10(12)16)17-13(18)4-3-5-14(19)20/h6-8H,3-5H2,1-2H3,(H,17,18)(H,19,20). The molecule has 7 heteroatoms. The molecule has 1 aromatic rings. The molecule has 0 aliphatic carbocycles. The molecule has 0 aromatic heterocycles. The zero-order chi connectivity index (χ0) is 16.0. The van der Waals surface area contributed by atoms with Crippen molar-refractivity contribution in [1.29, 1.82) is 0 Å². The molecule has 0 atom stereocenters. The first-order valence-electron chi connectivity index (χ1n) is 6.47. The number of aliphatic carboxylic acids is 1. The lowest BCUT2D eigenvalue weighted by Crippen LogP contribution is -2.13. The Morgan fingerprint density at radius 3 is 2.48 bits per heavy atom. The van der Waals surface area contributed by atoms with Gasteiger partial charge in [0.2, 0.25) is 5.91 Å². The Hall–Kier alpha value is -1.46. The van der Waals surface area contributed by atoms with E-state index in [1.54, 1.807) is 6.07 Å². The lowest BCUT2D eigenvalue weighted by molar-refractivity contribution is -0.137. The van der Waals surface area contributed by atoms with Crippen molar-refractivity contribution < 1.29 is 19.4 Å². The van der Waals surface area contributed by atoms with E-state index < -0.39 is 5.97 Å². The third-order valence-electron chi connectivity index (χ3n) is 2.45. The van der Waals surface area contributed by atoms with Crippen LogP contribution in [-0.2, 0) is 9.59 Å². The van der Waals surface area contributed by atoms with Gasteiger partial charge in [-0.05, 0) is 26.3 Å². The number of halogens is 2. The predicted molar refractivity (Wildman–Crippen MR) is 82.3 cm³/mol. The van der Waals surface area contributed by atoms with E-state index in [1.165, 1.54) is 6.07 Å². The van der Waals surface area contributed by atoms with Crippen LogP contribution in [0.5, 0.6) is 5.75 Å². The largest absolute Gasteiger partial charge is 0.489 e. The SMILES string of the molecule is CC(C)Oc1cc(NC(=O)CCCC(=O)O)c(Cl)cc1Cl. The van der Waals surface area contributed by atoms with Gasteiger partial charge in [0.05, 0.1) is 21.8 Å². The molecule has 1 aromatic carbocycles. The molecule has 116 valence electrons. The zero-order valence-electron chi connectivity index (χ0n) is 11.8. The van der Waals surface area contributed by atoms with Crippen molar-refractivity contribution in [2.45, 2.75) is 39.2 Å². The molecule has 5 nitrogen and oxygen atoms in total.